The van der Waals surface area contributed by atoms with E-state index in [1.165, 1.54) is 0 Å². The van der Waals surface area contributed by atoms with Crippen molar-refractivity contribution < 1.29 is 14.3 Å². The topological polar surface area (TPSA) is 60.5 Å². The lowest BCUT2D eigenvalue weighted by Gasteiger charge is -2.04. The highest BCUT2D eigenvalue weighted by Crippen LogP contribution is 2.12. The number of carbonyl (C=O) groups is 1. The highest BCUT2D eigenvalue weighted by atomic mass is 16.5. The van der Waals surface area contributed by atoms with Crippen LogP contribution in [0.2, 0.25) is 0 Å². The third-order valence-corrected chi connectivity index (χ3v) is 2.73. The van der Waals surface area contributed by atoms with Gasteiger partial charge in [0.2, 0.25) is 0 Å². The summed E-state index contributed by atoms with van der Waals surface area (Å²) in [7, 11) is 1.56. The maximum atomic E-state index is 11.5. The summed E-state index contributed by atoms with van der Waals surface area (Å²) in [4.78, 5) is 15.6. The van der Waals surface area contributed by atoms with Crippen LogP contribution in [0.1, 0.15) is 11.3 Å². The van der Waals surface area contributed by atoms with Crippen LogP contribution in [0.25, 0.3) is 0 Å². The third kappa shape index (κ3) is 4.84. The number of hydrogen-bond acceptors (Lipinski definition) is 4. The molecule has 1 amide bonds. The van der Waals surface area contributed by atoms with Crippen LogP contribution in [0.15, 0.2) is 48.7 Å². The molecule has 1 heterocycles. The molecule has 0 bridgehead atoms. The molecule has 0 saturated heterocycles. The van der Waals surface area contributed by atoms with E-state index in [4.69, 9.17) is 9.47 Å². The second kappa shape index (κ2) is 8.32. The highest BCUT2D eigenvalue weighted by Gasteiger charge is 2.01. The quantitative estimate of drug-likeness (QED) is 0.880. The van der Waals surface area contributed by atoms with Gasteiger partial charge < -0.3 is 14.8 Å². The number of rotatable bonds is 4. The van der Waals surface area contributed by atoms with Crippen LogP contribution in [0, 0.1) is 11.8 Å². The van der Waals surface area contributed by atoms with Crippen molar-refractivity contribution in [3.05, 3.63) is 59.9 Å². The smallest absolute Gasteiger partial charge is 0.408 e. The molecule has 2 aromatic rings. The Morgan fingerprint density at radius 3 is 2.82 bits per heavy atom. The molecular weight excluding hydrogens is 280 g/mol. The van der Waals surface area contributed by atoms with Gasteiger partial charge in [-0.05, 0) is 23.6 Å². The fourth-order valence-electron chi connectivity index (χ4n) is 1.67. The summed E-state index contributed by atoms with van der Waals surface area (Å²) in [5.74, 6) is 6.24. The van der Waals surface area contributed by atoms with Crippen molar-refractivity contribution in [2.24, 2.45) is 0 Å². The number of amides is 1. The summed E-state index contributed by atoms with van der Waals surface area (Å²) in [6.45, 7) is 0.404. The van der Waals surface area contributed by atoms with Crippen molar-refractivity contribution in [1.29, 1.82) is 0 Å². The molecule has 1 N–H and O–H groups in total. The van der Waals surface area contributed by atoms with Gasteiger partial charge >= 0.3 is 6.09 Å². The number of aromatic nitrogens is 1. The number of carbonyl (C=O) groups excluding carboxylic acids is 1. The van der Waals surface area contributed by atoms with Crippen molar-refractivity contribution in [1.82, 2.24) is 10.3 Å². The number of alkyl carbamates (subject to hydrolysis) is 1. The van der Waals surface area contributed by atoms with Gasteiger partial charge in [0.15, 0.2) is 11.4 Å². The molecule has 2 rings (SSSR count). The molecule has 5 nitrogen and oxygen atoms in total. The van der Waals surface area contributed by atoms with E-state index in [-0.39, 0.29) is 13.2 Å². The first-order valence-electron chi connectivity index (χ1n) is 6.72. The number of benzene rings is 1. The van der Waals surface area contributed by atoms with E-state index in [9.17, 15) is 4.79 Å². The Balaban J connectivity index is 1.77. The molecule has 5 heteroatoms. The van der Waals surface area contributed by atoms with E-state index in [2.05, 4.69) is 22.1 Å². The van der Waals surface area contributed by atoms with E-state index in [0.717, 1.165) is 5.56 Å². The summed E-state index contributed by atoms with van der Waals surface area (Å²) < 4.78 is 10.2. The van der Waals surface area contributed by atoms with Gasteiger partial charge in [0, 0.05) is 6.20 Å². The van der Waals surface area contributed by atoms with Gasteiger partial charge in [-0.1, -0.05) is 36.3 Å². The SMILES string of the molecule is COc1cccnc1C#CCNC(=O)OCc1ccccc1. The maximum Gasteiger partial charge on any atom is 0.408 e. The molecule has 0 unspecified atom stereocenters. The van der Waals surface area contributed by atoms with Gasteiger partial charge in [0.1, 0.15) is 6.61 Å². The van der Waals surface area contributed by atoms with Crippen LogP contribution < -0.4 is 10.1 Å². The molecule has 112 valence electrons. The summed E-state index contributed by atoms with van der Waals surface area (Å²) in [6.07, 6.45) is 1.12. The fourth-order valence-corrected chi connectivity index (χ4v) is 1.67. The van der Waals surface area contributed by atoms with Crippen LogP contribution in [0.4, 0.5) is 4.79 Å². The Morgan fingerprint density at radius 2 is 2.05 bits per heavy atom. The Bertz CT molecular complexity index is 675. The van der Waals surface area contributed by atoms with Crippen LogP contribution in [0.3, 0.4) is 0 Å². The minimum atomic E-state index is -0.508. The largest absolute Gasteiger partial charge is 0.494 e. The van der Waals surface area contributed by atoms with Crippen LogP contribution in [-0.2, 0) is 11.3 Å². The molecule has 0 fully saturated rings. The molecule has 1 aromatic carbocycles. The number of hydrogen-bond donors (Lipinski definition) is 1. The molecule has 1 aromatic heterocycles. The van der Waals surface area contributed by atoms with Gasteiger partial charge in [-0.15, -0.1) is 0 Å². The van der Waals surface area contributed by atoms with E-state index >= 15 is 0 Å². The van der Waals surface area contributed by atoms with Crippen LogP contribution in [0.5, 0.6) is 5.75 Å². The third-order valence-electron chi connectivity index (χ3n) is 2.73. The molecule has 0 spiro atoms. The van der Waals surface area contributed by atoms with E-state index < -0.39 is 6.09 Å². The molecule has 0 aliphatic rings. The fraction of sp³-hybridized carbons (Fsp3) is 0.176. The van der Waals surface area contributed by atoms with Gasteiger partial charge in [0.25, 0.3) is 0 Å². The maximum absolute atomic E-state index is 11.5. The zero-order valence-corrected chi connectivity index (χ0v) is 12.2. The zero-order valence-electron chi connectivity index (χ0n) is 12.2. The predicted octanol–water partition coefficient (Wildman–Crippen LogP) is 2.37. The number of ether oxygens (including phenoxy) is 2. The Kier molecular flexibility index (Phi) is 5.82. The Morgan fingerprint density at radius 1 is 1.23 bits per heavy atom. The summed E-state index contributed by atoms with van der Waals surface area (Å²) >= 11 is 0. The number of nitrogens with one attached hydrogen (secondary N) is 1. The molecule has 0 aliphatic carbocycles. The second-order valence-electron chi connectivity index (χ2n) is 4.27. The van der Waals surface area contributed by atoms with Crippen LogP contribution >= 0.6 is 0 Å². The lowest BCUT2D eigenvalue weighted by atomic mass is 10.2. The number of nitrogens with zero attached hydrogens (tertiary/aromatic N) is 1. The molecule has 0 atom stereocenters. The Labute approximate surface area is 129 Å². The lowest BCUT2D eigenvalue weighted by Crippen LogP contribution is -2.24. The van der Waals surface area contributed by atoms with Crippen molar-refractivity contribution in [2.45, 2.75) is 6.61 Å². The minimum absolute atomic E-state index is 0.174. The van der Waals surface area contributed by atoms with E-state index in [1.54, 1.807) is 25.4 Å². The minimum Gasteiger partial charge on any atom is -0.494 e. The van der Waals surface area contributed by atoms with E-state index in [0.29, 0.717) is 11.4 Å². The first-order valence-corrected chi connectivity index (χ1v) is 6.72. The van der Waals surface area contributed by atoms with Gasteiger partial charge in [-0.2, -0.15) is 0 Å². The normalized spacial score (nSPS) is 9.32. The van der Waals surface area contributed by atoms with Crippen molar-refractivity contribution in [3.63, 3.8) is 0 Å². The number of pyridine rings is 1. The average molecular weight is 296 g/mol. The average Bonchev–Trinajstić information content (AvgIpc) is 2.58. The first kappa shape index (κ1) is 15.4. The van der Waals surface area contributed by atoms with Gasteiger partial charge in [-0.25, -0.2) is 9.78 Å². The number of methoxy groups -OCH3 is 1. The standard InChI is InChI=1S/C17H16N2O3/c1-21-16-10-6-11-18-15(16)9-5-12-19-17(20)22-13-14-7-3-2-4-8-14/h2-4,6-8,10-11H,12-13H2,1H3,(H,19,20). The summed E-state index contributed by atoms with van der Waals surface area (Å²) in [6, 6.07) is 13.0. The van der Waals surface area contributed by atoms with Gasteiger partial charge in [-0.3, -0.25) is 0 Å². The highest BCUT2D eigenvalue weighted by molar-refractivity contribution is 5.67. The molecule has 0 radical (unpaired) electrons. The first-order chi connectivity index (χ1) is 10.8. The van der Waals surface area contributed by atoms with Crippen molar-refractivity contribution in [3.8, 4) is 17.6 Å². The molecule has 0 saturated carbocycles. The van der Waals surface area contributed by atoms with Gasteiger partial charge in [0.05, 0.1) is 13.7 Å². The van der Waals surface area contributed by atoms with E-state index in [1.807, 2.05) is 30.3 Å². The predicted molar refractivity (Wildman–Crippen MR) is 82.3 cm³/mol. The van der Waals surface area contributed by atoms with Crippen LogP contribution in [-0.4, -0.2) is 24.7 Å². The summed E-state index contributed by atoms with van der Waals surface area (Å²) in [5.41, 5.74) is 1.46. The molecule has 0 aliphatic heterocycles. The summed E-state index contributed by atoms with van der Waals surface area (Å²) in [5, 5.41) is 2.56. The van der Waals surface area contributed by atoms with Crippen molar-refractivity contribution >= 4 is 6.09 Å². The molecule has 22 heavy (non-hydrogen) atoms. The Hall–Kier alpha value is -3.00. The monoisotopic (exact) mass is 296 g/mol. The lowest BCUT2D eigenvalue weighted by molar-refractivity contribution is 0.141. The van der Waals surface area contributed by atoms with Crippen molar-refractivity contribution in [2.75, 3.05) is 13.7 Å². The zero-order chi connectivity index (χ0) is 15.6. The second-order valence-corrected chi connectivity index (χ2v) is 4.27. The molecular formula is C17H16N2O3.